The van der Waals surface area contributed by atoms with Gasteiger partial charge in [0, 0.05) is 11.4 Å². The lowest BCUT2D eigenvalue weighted by atomic mass is 10.1. The van der Waals surface area contributed by atoms with Crippen molar-refractivity contribution in [2.24, 2.45) is 0 Å². The number of hydrogen-bond acceptors (Lipinski definition) is 3. The van der Waals surface area contributed by atoms with Gasteiger partial charge in [-0.05, 0) is 42.3 Å². The largest absolute Gasteiger partial charge is 0.465 e. The van der Waals surface area contributed by atoms with Crippen LogP contribution in [0.25, 0.3) is 0 Å². The van der Waals surface area contributed by atoms with Crippen LogP contribution in [-0.4, -0.2) is 19.1 Å². The van der Waals surface area contributed by atoms with E-state index in [9.17, 15) is 9.59 Å². The Hall–Kier alpha value is -2.82. The molecule has 5 heteroatoms. The van der Waals surface area contributed by atoms with Crippen molar-refractivity contribution in [2.75, 3.05) is 17.7 Å². The van der Waals surface area contributed by atoms with E-state index in [4.69, 9.17) is 0 Å². The van der Waals surface area contributed by atoms with E-state index in [-0.39, 0.29) is 6.03 Å². The zero-order valence-electron chi connectivity index (χ0n) is 12.6. The average Bonchev–Trinajstić information content (AvgIpc) is 2.55. The third-order valence-electron chi connectivity index (χ3n) is 3.21. The van der Waals surface area contributed by atoms with Gasteiger partial charge in [-0.1, -0.05) is 25.1 Å². The highest BCUT2D eigenvalue weighted by atomic mass is 16.5. The first kappa shape index (κ1) is 15.6. The minimum Gasteiger partial charge on any atom is -0.465 e. The summed E-state index contributed by atoms with van der Waals surface area (Å²) in [6.07, 6.45) is 0.838. The summed E-state index contributed by atoms with van der Waals surface area (Å²) in [5.41, 5.74) is 2.89. The van der Waals surface area contributed by atoms with Crippen LogP contribution in [0.4, 0.5) is 16.2 Å². The molecule has 0 radical (unpaired) electrons. The summed E-state index contributed by atoms with van der Waals surface area (Å²) >= 11 is 0. The molecule has 2 rings (SSSR count). The fourth-order valence-corrected chi connectivity index (χ4v) is 2.04. The van der Waals surface area contributed by atoms with Gasteiger partial charge in [0.05, 0.1) is 12.7 Å². The summed E-state index contributed by atoms with van der Waals surface area (Å²) in [7, 11) is 1.33. The van der Waals surface area contributed by atoms with E-state index in [1.807, 2.05) is 31.2 Å². The minimum atomic E-state index is -0.409. The highest BCUT2D eigenvalue weighted by Crippen LogP contribution is 2.16. The molecular formula is C17H18N2O3. The molecular weight excluding hydrogens is 280 g/mol. The summed E-state index contributed by atoms with van der Waals surface area (Å²) in [5, 5.41) is 5.54. The second-order valence-electron chi connectivity index (χ2n) is 4.66. The first-order valence-corrected chi connectivity index (χ1v) is 6.98. The van der Waals surface area contributed by atoms with Gasteiger partial charge in [0.15, 0.2) is 0 Å². The molecule has 0 unspecified atom stereocenters. The number of anilines is 2. The van der Waals surface area contributed by atoms with E-state index in [2.05, 4.69) is 15.4 Å². The van der Waals surface area contributed by atoms with Crippen LogP contribution < -0.4 is 10.6 Å². The van der Waals surface area contributed by atoms with E-state index >= 15 is 0 Å². The highest BCUT2D eigenvalue weighted by Gasteiger charge is 2.07. The van der Waals surface area contributed by atoms with Gasteiger partial charge in [-0.3, -0.25) is 0 Å². The number of aryl methyl sites for hydroxylation is 1. The van der Waals surface area contributed by atoms with E-state index in [1.165, 1.54) is 7.11 Å². The number of benzene rings is 2. The Labute approximate surface area is 129 Å². The van der Waals surface area contributed by atoms with Crippen molar-refractivity contribution in [3.8, 4) is 0 Å². The monoisotopic (exact) mass is 298 g/mol. The number of rotatable bonds is 4. The molecule has 0 fully saturated rings. The Morgan fingerprint density at radius 3 is 2.32 bits per heavy atom. The van der Waals surface area contributed by atoms with Crippen molar-refractivity contribution >= 4 is 23.4 Å². The Morgan fingerprint density at radius 1 is 1.00 bits per heavy atom. The number of esters is 1. The zero-order chi connectivity index (χ0) is 15.9. The number of urea groups is 1. The lowest BCUT2D eigenvalue weighted by molar-refractivity contribution is 0.0601. The molecule has 2 amide bonds. The molecule has 0 saturated carbocycles. The van der Waals surface area contributed by atoms with Gasteiger partial charge in [0.25, 0.3) is 0 Å². The third kappa shape index (κ3) is 3.85. The first-order valence-electron chi connectivity index (χ1n) is 6.98. The van der Waals surface area contributed by atoms with Crippen LogP contribution in [0.5, 0.6) is 0 Å². The van der Waals surface area contributed by atoms with Gasteiger partial charge in [-0.25, -0.2) is 9.59 Å². The van der Waals surface area contributed by atoms with Crippen molar-refractivity contribution in [2.45, 2.75) is 13.3 Å². The first-order chi connectivity index (χ1) is 10.6. The predicted molar refractivity (Wildman–Crippen MR) is 86.2 cm³/mol. The summed E-state index contributed by atoms with van der Waals surface area (Å²) in [6, 6.07) is 13.8. The van der Waals surface area contributed by atoms with E-state index in [0.717, 1.165) is 17.7 Å². The topological polar surface area (TPSA) is 67.4 Å². The molecule has 22 heavy (non-hydrogen) atoms. The number of hydrogen-bond donors (Lipinski definition) is 2. The molecule has 2 aromatic carbocycles. The Kier molecular flexibility index (Phi) is 5.14. The standard InChI is InChI=1S/C17H18N2O3/c1-3-12-6-4-5-7-15(12)19-17(21)18-14-10-8-13(9-11-14)16(20)22-2/h4-11H,3H2,1-2H3,(H2,18,19,21). The maximum absolute atomic E-state index is 12.0. The van der Waals surface area contributed by atoms with Crippen LogP contribution >= 0.6 is 0 Å². The number of para-hydroxylation sites is 1. The smallest absolute Gasteiger partial charge is 0.337 e. The van der Waals surface area contributed by atoms with Crippen LogP contribution in [0.2, 0.25) is 0 Å². The summed E-state index contributed by atoms with van der Waals surface area (Å²) in [4.78, 5) is 23.3. The molecule has 0 aliphatic heterocycles. The number of carbonyl (C=O) groups is 2. The fourth-order valence-electron chi connectivity index (χ4n) is 2.04. The zero-order valence-corrected chi connectivity index (χ0v) is 12.6. The van der Waals surface area contributed by atoms with Gasteiger partial charge >= 0.3 is 12.0 Å². The van der Waals surface area contributed by atoms with Crippen molar-refractivity contribution in [1.82, 2.24) is 0 Å². The molecule has 0 aliphatic rings. The van der Waals surface area contributed by atoms with Crippen molar-refractivity contribution in [3.05, 3.63) is 59.7 Å². The van der Waals surface area contributed by atoms with Gasteiger partial charge in [0.2, 0.25) is 0 Å². The molecule has 0 spiro atoms. The second kappa shape index (κ2) is 7.26. The fraction of sp³-hybridized carbons (Fsp3) is 0.176. The molecule has 0 saturated heterocycles. The molecule has 5 nitrogen and oxygen atoms in total. The molecule has 0 heterocycles. The Morgan fingerprint density at radius 2 is 1.68 bits per heavy atom. The quantitative estimate of drug-likeness (QED) is 0.846. The normalized spacial score (nSPS) is 9.91. The predicted octanol–water partition coefficient (Wildman–Crippen LogP) is 3.68. The molecule has 2 aromatic rings. The lowest BCUT2D eigenvalue weighted by Crippen LogP contribution is -2.20. The van der Waals surface area contributed by atoms with Crippen LogP contribution in [0.3, 0.4) is 0 Å². The second-order valence-corrected chi connectivity index (χ2v) is 4.66. The van der Waals surface area contributed by atoms with Crippen molar-refractivity contribution < 1.29 is 14.3 Å². The Bertz CT molecular complexity index is 666. The minimum absolute atomic E-state index is 0.327. The van der Waals surface area contributed by atoms with E-state index < -0.39 is 5.97 Å². The summed E-state index contributed by atoms with van der Waals surface area (Å²) in [5.74, 6) is -0.409. The van der Waals surface area contributed by atoms with Crippen LogP contribution in [-0.2, 0) is 11.2 Å². The molecule has 114 valence electrons. The van der Waals surface area contributed by atoms with E-state index in [1.54, 1.807) is 24.3 Å². The van der Waals surface area contributed by atoms with Gasteiger partial charge in [-0.2, -0.15) is 0 Å². The number of amides is 2. The van der Waals surface area contributed by atoms with Crippen LogP contribution in [0.15, 0.2) is 48.5 Å². The summed E-state index contributed by atoms with van der Waals surface area (Å²) < 4.78 is 4.62. The molecule has 0 bridgehead atoms. The number of ether oxygens (including phenoxy) is 1. The summed E-state index contributed by atoms with van der Waals surface area (Å²) in [6.45, 7) is 2.03. The highest BCUT2D eigenvalue weighted by molar-refractivity contribution is 6.00. The SMILES string of the molecule is CCc1ccccc1NC(=O)Nc1ccc(C(=O)OC)cc1. The van der Waals surface area contributed by atoms with Crippen molar-refractivity contribution in [1.29, 1.82) is 0 Å². The maximum Gasteiger partial charge on any atom is 0.337 e. The van der Waals surface area contributed by atoms with E-state index in [0.29, 0.717) is 11.3 Å². The average molecular weight is 298 g/mol. The number of methoxy groups -OCH3 is 1. The molecule has 2 N–H and O–H groups in total. The molecule has 0 aromatic heterocycles. The van der Waals surface area contributed by atoms with Gasteiger partial charge in [-0.15, -0.1) is 0 Å². The van der Waals surface area contributed by atoms with Crippen molar-refractivity contribution in [3.63, 3.8) is 0 Å². The van der Waals surface area contributed by atoms with Crippen LogP contribution in [0, 0.1) is 0 Å². The number of carbonyl (C=O) groups excluding carboxylic acids is 2. The van der Waals surface area contributed by atoms with Gasteiger partial charge < -0.3 is 15.4 Å². The molecule has 0 atom stereocenters. The molecule has 0 aliphatic carbocycles. The Balaban J connectivity index is 2.01. The lowest BCUT2D eigenvalue weighted by Gasteiger charge is -2.11. The van der Waals surface area contributed by atoms with Gasteiger partial charge in [0.1, 0.15) is 0 Å². The third-order valence-corrected chi connectivity index (χ3v) is 3.21. The number of nitrogens with one attached hydrogen (secondary N) is 2. The van der Waals surface area contributed by atoms with Crippen LogP contribution in [0.1, 0.15) is 22.8 Å². The maximum atomic E-state index is 12.0.